The first-order valence-corrected chi connectivity index (χ1v) is 16.3. The van der Waals surface area contributed by atoms with Crippen LogP contribution in [0.25, 0.3) is 0 Å². The highest BCUT2D eigenvalue weighted by atomic mass is 32.2. The first-order valence-electron chi connectivity index (χ1n) is 13.8. The standard InChI is InChI=1S/C31H34NO10PS/c32-26(31(34)35)20-40-43(36,37)42-28-14-7-17-38-29(28)21-44-30(33)16-15-23-9-4-5-13-27(23)39-19-22-8-6-12-25(18-22)41-24-10-2-1-3-11-24/h1-14,18,26,28-29H,15-17,19-21,32H2,(H,34,35)(H,36,37)/t26-,28+,29?/m0/s1. The van der Waals surface area contributed by atoms with E-state index in [1.807, 2.05) is 78.9 Å². The van der Waals surface area contributed by atoms with Gasteiger partial charge in [0.1, 0.15) is 36.0 Å². The average Bonchev–Trinajstić information content (AvgIpc) is 3.02. The average molecular weight is 644 g/mol. The fourth-order valence-corrected chi connectivity index (χ4v) is 5.89. The third-order valence-corrected chi connectivity index (χ3v) is 8.35. The number of benzene rings is 3. The van der Waals surface area contributed by atoms with E-state index in [-0.39, 0.29) is 23.9 Å². The second-order valence-electron chi connectivity index (χ2n) is 9.72. The normalized spacial score (nSPS) is 18.2. The zero-order chi connectivity index (χ0) is 31.4. The number of phosphoric acid groups is 1. The van der Waals surface area contributed by atoms with E-state index in [0.29, 0.717) is 24.5 Å². The number of aliphatic carboxylic acids is 1. The number of rotatable bonds is 16. The number of hydrogen-bond acceptors (Lipinski definition) is 10. The molecule has 0 aromatic heterocycles. The van der Waals surface area contributed by atoms with Crippen LogP contribution in [-0.4, -0.2) is 58.3 Å². The van der Waals surface area contributed by atoms with Crippen LogP contribution in [0, 0.1) is 0 Å². The summed E-state index contributed by atoms with van der Waals surface area (Å²) >= 11 is 1.03. The second-order valence-corrected chi connectivity index (χ2v) is 12.2. The van der Waals surface area contributed by atoms with Gasteiger partial charge < -0.3 is 29.9 Å². The Morgan fingerprint density at radius 2 is 1.80 bits per heavy atom. The maximum atomic E-state index is 12.8. The summed E-state index contributed by atoms with van der Waals surface area (Å²) in [5.74, 6) is 0.910. The van der Waals surface area contributed by atoms with Crippen molar-refractivity contribution in [2.24, 2.45) is 5.73 Å². The Morgan fingerprint density at radius 1 is 1.05 bits per heavy atom. The third-order valence-electron chi connectivity index (χ3n) is 6.34. The Morgan fingerprint density at radius 3 is 2.59 bits per heavy atom. The molecule has 4 atom stereocenters. The van der Waals surface area contributed by atoms with Crippen LogP contribution in [0.4, 0.5) is 0 Å². The summed E-state index contributed by atoms with van der Waals surface area (Å²) in [6.07, 6.45) is 2.15. The van der Waals surface area contributed by atoms with Crippen LogP contribution >= 0.6 is 19.6 Å². The number of para-hydroxylation sites is 2. The SMILES string of the molecule is N[C@@H](COP(=O)(O)O[C@@H]1C=CCOC1CSC(=O)CCc1ccccc1OCc1cccc(Oc2ccccc2)c1)C(=O)O. The molecule has 11 nitrogen and oxygen atoms in total. The lowest BCUT2D eigenvalue weighted by molar-refractivity contribution is -0.139. The fourth-order valence-electron chi connectivity index (χ4n) is 4.08. The van der Waals surface area contributed by atoms with Crippen LogP contribution in [-0.2, 0) is 41.0 Å². The van der Waals surface area contributed by atoms with E-state index in [4.69, 9.17) is 34.1 Å². The summed E-state index contributed by atoms with van der Waals surface area (Å²) < 4.78 is 39.8. The van der Waals surface area contributed by atoms with Crippen molar-refractivity contribution in [1.29, 1.82) is 0 Å². The maximum Gasteiger partial charge on any atom is 0.472 e. The minimum Gasteiger partial charge on any atom is -0.489 e. The lowest BCUT2D eigenvalue weighted by atomic mass is 10.1. The minimum atomic E-state index is -4.64. The van der Waals surface area contributed by atoms with Gasteiger partial charge >= 0.3 is 13.8 Å². The number of carboxylic acids is 1. The first-order chi connectivity index (χ1) is 21.2. The first kappa shape index (κ1) is 33.4. The number of aryl methyl sites for hydroxylation is 1. The van der Waals surface area contributed by atoms with Crippen molar-refractivity contribution in [2.75, 3.05) is 19.0 Å². The highest BCUT2D eigenvalue weighted by Gasteiger charge is 2.33. The Labute approximate surface area is 259 Å². The number of carbonyl (C=O) groups is 2. The van der Waals surface area contributed by atoms with Gasteiger partial charge in [-0.3, -0.25) is 18.6 Å². The van der Waals surface area contributed by atoms with E-state index >= 15 is 0 Å². The molecule has 0 fully saturated rings. The molecule has 1 aliphatic heterocycles. The molecule has 0 bridgehead atoms. The van der Waals surface area contributed by atoms with E-state index in [1.165, 1.54) is 0 Å². The number of carboxylic acid groups (broad SMARTS) is 1. The zero-order valence-electron chi connectivity index (χ0n) is 23.7. The van der Waals surface area contributed by atoms with E-state index in [2.05, 4.69) is 0 Å². The van der Waals surface area contributed by atoms with E-state index in [1.54, 1.807) is 12.2 Å². The van der Waals surface area contributed by atoms with Gasteiger partial charge in [-0.05, 0) is 47.9 Å². The number of ether oxygens (including phenoxy) is 3. The maximum absolute atomic E-state index is 12.8. The highest BCUT2D eigenvalue weighted by molar-refractivity contribution is 8.13. The van der Waals surface area contributed by atoms with Crippen molar-refractivity contribution < 1.29 is 47.4 Å². The molecular weight excluding hydrogens is 609 g/mol. The molecule has 0 aliphatic carbocycles. The van der Waals surface area contributed by atoms with E-state index < -0.39 is 38.6 Å². The molecule has 3 aromatic carbocycles. The molecule has 0 saturated heterocycles. The van der Waals surface area contributed by atoms with Gasteiger partial charge in [0.2, 0.25) is 0 Å². The quantitative estimate of drug-likeness (QED) is 0.140. The topological polar surface area (TPSA) is 164 Å². The van der Waals surface area contributed by atoms with Crippen LogP contribution in [0.3, 0.4) is 0 Å². The summed E-state index contributed by atoms with van der Waals surface area (Å²) in [4.78, 5) is 33.6. The zero-order valence-corrected chi connectivity index (χ0v) is 25.4. The largest absolute Gasteiger partial charge is 0.489 e. The summed E-state index contributed by atoms with van der Waals surface area (Å²) in [6.45, 7) is -0.148. The summed E-state index contributed by atoms with van der Waals surface area (Å²) in [5.41, 5.74) is 7.13. The van der Waals surface area contributed by atoms with Gasteiger partial charge in [0.05, 0.1) is 19.3 Å². The lowest BCUT2D eigenvalue weighted by Gasteiger charge is -2.28. The minimum absolute atomic E-state index is 0.0988. The Hall–Kier alpha value is -3.48. The fraction of sp³-hybridized carbons (Fsp3) is 0.290. The van der Waals surface area contributed by atoms with Crippen molar-refractivity contribution in [3.8, 4) is 17.2 Å². The van der Waals surface area contributed by atoms with Gasteiger partial charge in [-0.15, -0.1) is 0 Å². The number of carbonyl (C=O) groups excluding carboxylic acids is 1. The lowest BCUT2D eigenvalue weighted by Crippen LogP contribution is -2.36. The van der Waals surface area contributed by atoms with Crippen LogP contribution < -0.4 is 15.2 Å². The van der Waals surface area contributed by atoms with Crippen molar-refractivity contribution in [3.63, 3.8) is 0 Å². The van der Waals surface area contributed by atoms with Crippen molar-refractivity contribution in [1.82, 2.24) is 0 Å². The molecule has 0 amide bonds. The number of phosphoric ester groups is 1. The number of thioether (sulfide) groups is 1. The van der Waals surface area contributed by atoms with Crippen LogP contribution in [0.15, 0.2) is 91.0 Å². The Bertz CT molecular complexity index is 1470. The molecule has 1 aliphatic rings. The predicted octanol–water partition coefficient (Wildman–Crippen LogP) is 5.12. The molecule has 3 aromatic rings. The molecule has 13 heteroatoms. The molecule has 44 heavy (non-hydrogen) atoms. The Balaban J connectivity index is 1.25. The van der Waals surface area contributed by atoms with Gasteiger partial charge in [-0.2, -0.15) is 0 Å². The smallest absolute Gasteiger partial charge is 0.472 e. The van der Waals surface area contributed by atoms with Gasteiger partial charge in [0, 0.05) is 12.2 Å². The van der Waals surface area contributed by atoms with Crippen LogP contribution in [0.2, 0.25) is 0 Å². The van der Waals surface area contributed by atoms with Crippen molar-refractivity contribution in [2.45, 2.75) is 37.7 Å². The highest BCUT2D eigenvalue weighted by Crippen LogP contribution is 2.46. The van der Waals surface area contributed by atoms with Gasteiger partial charge in [-0.1, -0.05) is 72.4 Å². The monoisotopic (exact) mass is 643 g/mol. The molecule has 0 spiro atoms. The summed E-state index contributed by atoms with van der Waals surface area (Å²) in [7, 11) is -4.64. The number of nitrogens with two attached hydrogens (primary N) is 1. The van der Waals surface area contributed by atoms with Gasteiger partial charge in [0.25, 0.3) is 0 Å². The molecule has 4 N–H and O–H groups in total. The Kier molecular flexibility index (Phi) is 12.6. The van der Waals surface area contributed by atoms with E-state index in [9.17, 15) is 19.0 Å². The molecular formula is C31H34NO10PS. The third kappa shape index (κ3) is 10.9. The van der Waals surface area contributed by atoms with Crippen LogP contribution in [0.1, 0.15) is 17.5 Å². The van der Waals surface area contributed by atoms with Gasteiger partial charge in [0.15, 0.2) is 5.12 Å². The number of hydrogen-bond donors (Lipinski definition) is 3. The van der Waals surface area contributed by atoms with E-state index in [0.717, 1.165) is 28.6 Å². The molecule has 1 heterocycles. The summed E-state index contributed by atoms with van der Waals surface area (Å²) in [5, 5.41) is 8.73. The second kappa shape index (κ2) is 16.6. The summed E-state index contributed by atoms with van der Waals surface area (Å²) in [6, 6.07) is 23.2. The molecule has 0 radical (unpaired) electrons. The molecule has 0 saturated carbocycles. The van der Waals surface area contributed by atoms with Gasteiger partial charge in [-0.25, -0.2) is 4.57 Å². The molecule has 4 rings (SSSR count). The predicted molar refractivity (Wildman–Crippen MR) is 165 cm³/mol. The molecule has 2 unspecified atom stereocenters. The van der Waals surface area contributed by atoms with Crippen LogP contribution in [0.5, 0.6) is 17.2 Å². The van der Waals surface area contributed by atoms with Crippen molar-refractivity contribution in [3.05, 3.63) is 102 Å². The van der Waals surface area contributed by atoms with Crippen molar-refractivity contribution >= 4 is 30.7 Å². The molecule has 234 valence electrons.